The summed E-state index contributed by atoms with van der Waals surface area (Å²) in [7, 11) is 0. The molecule has 0 spiro atoms. The SMILES string of the molecule is CCC(C(=O)NC(C)C)N(Cc1c(Cl)cccc1Cl)C(=O)CCc1ccc(C)cc1. The van der Waals surface area contributed by atoms with E-state index in [0.717, 1.165) is 5.56 Å². The van der Waals surface area contributed by atoms with Gasteiger partial charge in [0, 0.05) is 34.6 Å². The van der Waals surface area contributed by atoms with Crippen LogP contribution in [0.3, 0.4) is 0 Å². The first-order valence-electron chi connectivity index (χ1n) is 10.3. The normalized spacial score (nSPS) is 12.0. The summed E-state index contributed by atoms with van der Waals surface area (Å²) in [6, 6.07) is 12.8. The zero-order valence-electron chi connectivity index (χ0n) is 18.0. The van der Waals surface area contributed by atoms with E-state index in [2.05, 4.69) is 5.32 Å². The number of amides is 2. The number of halogens is 2. The molecule has 0 saturated carbocycles. The molecule has 2 aromatic rings. The number of carbonyl (C=O) groups excluding carboxylic acids is 2. The fourth-order valence-corrected chi connectivity index (χ4v) is 3.82. The van der Waals surface area contributed by atoms with Crippen LogP contribution in [-0.2, 0) is 22.6 Å². The van der Waals surface area contributed by atoms with Gasteiger partial charge in [0.05, 0.1) is 0 Å². The minimum atomic E-state index is -0.592. The third kappa shape index (κ3) is 6.75. The van der Waals surface area contributed by atoms with Gasteiger partial charge in [0.2, 0.25) is 11.8 Å². The van der Waals surface area contributed by atoms with E-state index in [1.165, 1.54) is 5.56 Å². The van der Waals surface area contributed by atoms with Gasteiger partial charge >= 0.3 is 0 Å². The van der Waals surface area contributed by atoms with Gasteiger partial charge in [0.1, 0.15) is 6.04 Å². The van der Waals surface area contributed by atoms with Gasteiger partial charge in [-0.2, -0.15) is 0 Å². The Kier molecular flexibility index (Phi) is 9.19. The second-order valence-corrected chi connectivity index (χ2v) is 8.61. The van der Waals surface area contributed by atoms with E-state index in [9.17, 15) is 9.59 Å². The summed E-state index contributed by atoms with van der Waals surface area (Å²) >= 11 is 12.7. The molecular weight excluding hydrogens is 419 g/mol. The van der Waals surface area contributed by atoms with Crippen molar-refractivity contribution in [3.05, 3.63) is 69.2 Å². The van der Waals surface area contributed by atoms with Gasteiger partial charge < -0.3 is 10.2 Å². The summed E-state index contributed by atoms with van der Waals surface area (Å²) in [5.74, 6) is -0.267. The summed E-state index contributed by atoms with van der Waals surface area (Å²) in [4.78, 5) is 27.7. The Morgan fingerprint density at radius 3 is 2.17 bits per heavy atom. The average Bonchev–Trinajstić information content (AvgIpc) is 2.68. The van der Waals surface area contributed by atoms with Crippen LogP contribution in [0.15, 0.2) is 42.5 Å². The molecule has 0 bridgehead atoms. The van der Waals surface area contributed by atoms with Crippen LogP contribution >= 0.6 is 23.2 Å². The number of rotatable bonds is 9. The highest BCUT2D eigenvalue weighted by Crippen LogP contribution is 2.27. The summed E-state index contributed by atoms with van der Waals surface area (Å²) in [5.41, 5.74) is 2.92. The number of hydrogen-bond acceptors (Lipinski definition) is 2. The smallest absolute Gasteiger partial charge is 0.243 e. The van der Waals surface area contributed by atoms with E-state index in [4.69, 9.17) is 23.2 Å². The lowest BCUT2D eigenvalue weighted by Gasteiger charge is -2.31. The molecule has 1 N–H and O–H groups in total. The van der Waals surface area contributed by atoms with Crippen molar-refractivity contribution in [2.24, 2.45) is 0 Å². The highest BCUT2D eigenvalue weighted by molar-refractivity contribution is 6.36. The first-order valence-corrected chi connectivity index (χ1v) is 11.1. The van der Waals surface area contributed by atoms with Crippen LogP contribution in [0, 0.1) is 6.92 Å². The van der Waals surface area contributed by atoms with E-state index < -0.39 is 6.04 Å². The van der Waals surface area contributed by atoms with E-state index in [0.29, 0.717) is 34.9 Å². The summed E-state index contributed by atoms with van der Waals surface area (Å²) in [6.45, 7) is 7.93. The maximum Gasteiger partial charge on any atom is 0.243 e. The molecule has 2 aromatic carbocycles. The first-order chi connectivity index (χ1) is 14.2. The second kappa shape index (κ2) is 11.4. The van der Waals surface area contributed by atoms with E-state index in [1.807, 2.05) is 52.0 Å². The lowest BCUT2D eigenvalue weighted by atomic mass is 10.0. The summed E-state index contributed by atoms with van der Waals surface area (Å²) in [5, 5.41) is 3.89. The molecule has 2 rings (SSSR count). The van der Waals surface area contributed by atoms with Gasteiger partial charge in [0.25, 0.3) is 0 Å². The number of benzene rings is 2. The Balaban J connectivity index is 2.27. The van der Waals surface area contributed by atoms with Crippen LogP contribution in [0.4, 0.5) is 0 Å². The molecular formula is C24H30Cl2N2O2. The molecule has 0 aliphatic carbocycles. The third-order valence-electron chi connectivity index (χ3n) is 4.96. The standard InChI is InChI=1S/C24H30Cl2N2O2/c1-5-22(24(30)27-16(2)3)28(15-19-20(25)7-6-8-21(19)26)23(29)14-13-18-11-9-17(4)10-12-18/h6-12,16,22H,5,13-15H2,1-4H3,(H,27,30). The molecule has 1 atom stereocenters. The lowest BCUT2D eigenvalue weighted by molar-refractivity contribution is -0.141. The van der Waals surface area contributed by atoms with Gasteiger partial charge in [-0.1, -0.05) is 66.0 Å². The second-order valence-electron chi connectivity index (χ2n) is 7.79. The Labute approximate surface area is 189 Å². The van der Waals surface area contributed by atoms with Gasteiger partial charge in [-0.3, -0.25) is 9.59 Å². The molecule has 0 fully saturated rings. The molecule has 0 saturated heterocycles. The Morgan fingerprint density at radius 1 is 1.03 bits per heavy atom. The topological polar surface area (TPSA) is 49.4 Å². The summed E-state index contributed by atoms with van der Waals surface area (Å²) < 4.78 is 0. The van der Waals surface area contributed by atoms with E-state index >= 15 is 0 Å². The van der Waals surface area contributed by atoms with Gasteiger partial charge in [-0.05, 0) is 51.3 Å². The van der Waals surface area contributed by atoms with Crippen LogP contribution in [0.1, 0.15) is 50.3 Å². The molecule has 162 valence electrons. The first kappa shape index (κ1) is 24.2. The van der Waals surface area contributed by atoms with Crippen molar-refractivity contribution >= 4 is 35.0 Å². The molecule has 0 heterocycles. The number of nitrogens with one attached hydrogen (secondary N) is 1. The number of carbonyl (C=O) groups is 2. The van der Waals surface area contributed by atoms with Crippen LogP contribution in [-0.4, -0.2) is 28.8 Å². The minimum Gasteiger partial charge on any atom is -0.352 e. The van der Waals surface area contributed by atoms with Crippen LogP contribution in [0.5, 0.6) is 0 Å². The van der Waals surface area contributed by atoms with Crippen molar-refractivity contribution in [1.82, 2.24) is 10.2 Å². The molecule has 4 nitrogen and oxygen atoms in total. The fourth-order valence-electron chi connectivity index (χ4n) is 3.30. The predicted molar refractivity (Wildman–Crippen MR) is 124 cm³/mol. The van der Waals surface area contributed by atoms with Crippen molar-refractivity contribution in [2.75, 3.05) is 0 Å². The van der Waals surface area contributed by atoms with Gasteiger partial charge in [0.15, 0.2) is 0 Å². The molecule has 0 aromatic heterocycles. The highest BCUT2D eigenvalue weighted by Gasteiger charge is 2.29. The zero-order valence-corrected chi connectivity index (χ0v) is 19.6. The summed E-state index contributed by atoms with van der Waals surface area (Å²) in [6.07, 6.45) is 1.40. The van der Waals surface area contributed by atoms with Gasteiger partial charge in [-0.25, -0.2) is 0 Å². The molecule has 0 aliphatic heterocycles. The number of nitrogens with zero attached hydrogens (tertiary/aromatic N) is 1. The Bertz CT molecular complexity index is 846. The maximum atomic E-state index is 13.3. The monoisotopic (exact) mass is 448 g/mol. The molecule has 30 heavy (non-hydrogen) atoms. The van der Waals surface area contributed by atoms with Crippen molar-refractivity contribution in [1.29, 1.82) is 0 Å². The predicted octanol–water partition coefficient (Wildman–Crippen LogP) is 5.57. The largest absolute Gasteiger partial charge is 0.352 e. The molecule has 1 unspecified atom stereocenters. The zero-order chi connectivity index (χ0) is 22.3. The Hall–Kier alpha value is -2.04. The van der Waals surface area contributed by atoms with Crippen molar-refractivity contribution in [3.8, 4) is 0 Å². The third-order valence-corrected chi connectivity index (χ3v) is 5.66. The molecule has 2 amide bonds. The van der Waals surface area contributed by atoms with Crippen LogP contribution in [0.25, 0.3) is 0 Å². The fraction of sp³-hybridized carbons (Fsp3) is 0.417. The highest BCUT2D eigenvalue weighted by atomic mass is 35.5. The number of hydrogen-bond donors (Lipinski definition) is 1. The van der Waals surface area contributed by atoms with Gasteiger partial charge in [-0.15, -0.1) is 0 Å². The average molecular weight is 449 g/mol. The van der Waals surface area contributed by atoms with Crippen LogP contribution in [0.2, 0.25) is 10.0 Å². The number of aryl methyl sites for hydroxylation is 2. The molecule has 6 heteroatoms. The van der Waals surface area contributed by atoms with Crippen LogP contribution < -0.4 is 5.32 Å². The van der Waals surface area contributed by atoms with E-state index in [-0.39, 0.29) is 24.4 Å². The quantitative estimate of drug-likeness (QED) is 0.545. The van der Waals surface area contributed by atoms with Crippen molar-refractivity contribution < 1.29 is 9.59 Å². The van der Waals surface area contributed by atoms with Crippen molar-refractivity contribution in [3.63, 3.8) is 0 Å². The maximum absolute atomic E-state index is 13.3. The molecule has 0 radical (unpaired) electrons. The van der Waals surface area contributed by atoms with Crippen molar-refractivity contribution in [2.45, 2.75) is 65.6 Å². The Morgan fingerprint density at radius 2 is 1.63 bits per heavy atom. The van der Waals surface area contributed by atoms with E-state index in [1.54, 1.807) is 23.1 Å². The minimum absolute atomic E-state index is 0.0139. The lowest BCUT2D eigenvalue weighted by Crippen LogP contribution is -2.50. The molecule has 0 aliphatic rings.